The maximum Gasteiger partial charge on any atom is 0.191 e. The zero-order valence-electron chi connectivity index (χ0n) is 16.7. The first-order valence-electron chi connectivity index (χ1n) is 8.73. The summed E-state index contributed by atoms with van der Waals surface area (Å²) in [6.07, 6.45) is 1.93. The van der Waals surface area contributed by atoms with Gasteiger partial charge in [-0.1, -0.05) is 0 Å². The lowest BCUT2D eigenvalue weighted by molar-refractivity contribution is 0.0268. The summed E-state index contributed by atoms with van der Waals surface area (Å²) >= 11 is 0. The number of nitrogens with one attached hydrogen (secondary N) is 2. The van der Waals surface area contributed by atoms with E-state index in [1.807, 2.05) is 62.0 Å². The number of methoxy groups -OCH3 is 2. The van der Waals surface area contributed by atoms with Gasteiger partial charge in [-0.3, -0.25) is 0 Å². The number of benzene rings is 1. The highest BCUT2D eigenvalue weighted by Gasteiger charge is 2.16. The summed E-state index contributed by atoms with van der Waals surface area (Å²) < 4.78 is 12.4. The zero-order chi connectivity index (χ0) is 19.0. The third-order valence-corrected chi connectivity index (χ3v) is 3.96. The van der Waals surface area contributed by atoms with Crippen LogP contribution in [-0.4, -0.2) is 48.7 Å². The van der Waals surface area contributed by atoms with Crippen LogP contribution >= 0.6 is 24.0 Å². The van der Waals surface area contributed by atoms with Gasteiger partial charge in [-0.25, -0.2) is 9.67 Å². The lowest BCUT2D eigenvalue weighted by atomic mass is 10.1. The number of guanidine groups is 1. The van der Waals surface area contributed by atoms with Crippen LogP contribution in [-0.2, 0) is 11.3 Å². The molecule has 7 nitrogen and oxygen atoms in total. The molecule has 2 aromatic rings. The molecule has 1 heterocycles. The Labute approximate surface area is 178 Å². The molecule has 0 aliphatic rings. The number of ether oxygens (including phenoxy) is 2. The van der Waals surface area contributed by atoms with Gasteiger partial charge in [0.2, 0.25) is 0 Å². The van der Waals surface area contributed by atoms with Gasteiger partial charge in [-0.15, -0.1) is 24.0 Å². The van der Waals surface area contributed by atoms with E-state index in [1.165, 1.54) is 0 Å². The highest BCUT2D eigenvalue weighted by atomic mass is 127. The van der Waals surface area contributed by atoms with E-state index in [4.69, 9.17) is 9.47 Å². The monoisotopic (exact) mass is 487 g/mol. The third kappa shape index (κ3) is 7.37. The van der Waals surface area contributed by atoms with Crippen molar-refractivity contribution >= 4 is 29.9 Å². The predicted octanol–water partition coefficient (Wildman–Crippen LogP) is 2.98. The fraction of sp³-hybridized carbons (Fsp3) is 0.474. The molecule has 0 aliphatic heterocycles. The van der Waals surface area contributed by atoms with Crippen molar-refractivity contribution in [3.63, 3.8) is 0 Å². The van der Waals surface area contributed by atoms with Gasteiger partial charge in [0.25, 0.3) is 0 Å². The van der Waals surface area contributed by atoms with Gasteiger partial charge >= 0.3 is 0 Å². The Hall–Kier alpha value is -1.81. The lowest BCUT2D eigenvalue weighted by Crippen LogP contribution is -2.45. The van der Waals surface area contributed by atoms with Crippen LogP contribution in [0.4, 0.5) is 0 Å². The second-order valence-electron chi connectivity index (χ2n) is 6.46. The standard InChI is InChI=1S/C19H29N5O2.HI/c1-6-20-18(22-14-19(2,3)26-5)21-13-15-11-12-24(23-15)16-7-9-17(25-4)10-8-16;/h7-12H,6,13-14H2,1-5H3,(H2,20,21,22);1H. The summed E-state index contributed by atoms with van der Waals surface area (Å²) in [6.45, 7) is 8.04. The third-order valence-electron chi connectivity index (χ3n) is 3.96. The van der Waals surface area contributed by atoms with E-state index in [1.54, 1.807) is 14.2 Å². The van der Waals surface area contributed by atoms with Crippen molar-refractivity contribution in [2.24, 2.45) is 4.99 Å². The van der Waals surface area contributed by atoms with Crippen LogP contribution in [0.2, 0.25) is 0 Å². The first-order valence-corrected chi connectivity index (χ1v) is 8.73. The molecule has 2 rings (SSSR count). The van der Waals surface area contributed by atoms with Crippen LogP contribution in [0.1, 0.15) is 26.5 Å². The Morgan fingerprint density at radius 2 is 1.85 bits per heavy atom. The molecule has 0 atom stereocenters. The zero-order valence-corrected chi connectivity index (χ0v) is 19.0. The Morgan fingerprint density at radius 1 is 1.15 bits per heavy atom. The van der Waals surface area contributed by atoms with E-state index in [0.29, 0.717) is 13.1 Å². The minimum atomic E-state index is -0.258. The molecule has 0 bridgehead atoms. The molecule has 27 heavy (non-hydrogen) atoms. The summed E-state index contributed by atoms with van der Waals surface area (Å²) in [5, 5.41) is 11.1. The Kier molecular flexibility index (Phi) is 9.57. The molecule has 1 aromatic carbocycles. The van der Waals surface area contributed by atoms with E-state index >= 15 is 0 Å². The van der Waals surface area contributed by atoms with E-state index < -0.39 is 0 Å². The minimum absolute atomic E-state index is 0. The van der Waals surface area contributed by atoms with Gasteiger partial charge in [0.05, 0.1) is 30.6 Å². The maximum atomic E-state index is 5.43. The van der Waals surface area contributed by atoms with Crippen LogP contribution in [0.25, 0.3) is 5.69 Å². The number of rotatable bonds is 8. The Bertz CT molecular complexity index is 713. The number of hydrogen-bond donors (Lipinski definition) is 2. The summed E-state index contributed by atoms with van der Waals surface area (Å²) in [5.41, 5.74) is 1.61. The molecule has 0 aliphatic carbocycles. The van der Waals surface area contributed by atoms with Crippen LogP contribution in [0, 0.1) is 0 Å². The predicted molar refractivity (Wildman–Crippen MR) is 119 cm³/mol. The number of halogens is 1. The first-order chi connectivity index (χ1) is 12.5. The highest BCUT2D eigenvalue weighted by Crippen LogP contribution is 2.14. The summed E-state index contributed by atoms with van der Waals surface area (Å²) in [7, 11) is 3.36. The molecule has 0 unspecified atom stereocenters. The molecule has 0 radical (unpaired) electrons. The number of aliphatic imine (C=N–C) groups is 1. The van der Waals surface area contributed by atoms with Crippen LogP contribution < -0.4 is 15.4 Å². The summed E-state index contributed by atoms with van der Waals surface area (Å²) in [4.78, 5) is 4.60. The quantitative estimate of drug-likeness (QED) is 0.341. The van der Waals surface area contributed by atoms with Crippen molar-refractivity contribution in [1.29, 1.82) is 0 Å². The molecule has 2 N–H and O–H groups in total. The largest absolute Gasteiger partial charge is 0.497 e. The molecule has 0 fully saturated rings. The topological polar surface area (TPSA) is 72.7 Å². The smallest absolute Gasteiger partial charge is 0.191 e. The number of aromatic nitrogens is 2. The van der Waals surface area contributed by atoms with Crippen molar-refractivity contribution in [2.75, 3.05) is 27.3 Å². The number of nitrogens with zero attached hydrogens (tertiary/aromatic N) is 3. The molecular formula is C19H30IN5O2. The van der Waals surface area contributed by atoms with Gasteiger partial charge in [0.1, 0.15) is 5.75 Å². The van der Waals surface area contributed by atoms with Gasteiger partial charge in [-0.2, -0.15) is 5.10 Å². The molecule has 8 heteroatoms. The second-order valence-corrected chi connectivity index (χ2v) is 6.46. The average molecular weight is 487 g/mol. The van der Waals surface area contributed by atoms with Crippen LogP contribution in [0.3, 0.4) is 0 Å². The van der Waals surface area contributed by atoms with Crippen molar-refractivity contribution in [2.45, 2.75) is 32.9 Å². The molecule has 150 valence electrons. The SMILES string of the molecule is CCNC(=NCc1ccn(-c2ccc(OC)cc2)n1)NCC(C)(C)OC.I. The van der Waals surface area contributed by atoms with E-state index in [0.717, 1.165) is 29.6 Å². The normalized spacial score (nSPS) is 11.7. The van der Waals surface area contributed by atoms with Crippen molar-refractivity contribution in [1.82, 2.24) is 20.4 Å². The van der Waals surface area contributed by atoms with E-state index in [-0.39, 0.29) is 29.6 Å². The van der Waals surface area contributed by atoms with Crippen molar-refractivity contribution in [3.05, 3.63) is 42.2 Å². The highest BCUT2D eigenvalue weighted by molar-refractivity contribution is 14.0. The fourth-order valence-corrected chi connectivity index (χ4v) is 2.20. The van der Waals surface area contributed by atoms with Gasteiger partial charge < -0.3 is 20.1 Å². The number of hydrogen-bond acceptors (Lipinski definition) is 4. The Balaban J connectivity index is 0.00000364. The average Bonchev–Trinajstić information content (AvgIpc) is 3.13. The second kappa shape index (κ2) is 11.1. The minimum Gasteiger partial charge on any atom is -0.497 e. The first kappa shape index (κ1) is 23.2. The van der Waals surface area contributed by atoms with Gasteiger partial charge in [0.15, 0.2) is 5.96 Å². The van der Waals surface area contributed by atoms with Crippen LogP contribution in [0.5, 0.6) is 5.75 Å². The van der Waals surface area contributed by atoms with Gasteiger partial charge in [0, 0.05) is 26.4 Å². The summed E-state index contributed by atoms with van der Waals surface area (Å²) in [6, 6.07) is 9.74. The Morgan fingerprint density at radius 3 is 2.44 bits per heavy atom. The molecule has 0 saturated carbocycles. The van der Waals surface area contributed by atoms with E-state index in [9.17, 15) is 0 Å². The molecular weight excluding hydrogens is 457 g/mol. The van der Waals surface area contributed by atoms with Crippen molar-refractivity contribution < 1.29 is 9.47 Å². The van der Waals surface area contributed by atoms with Crippen LogP contribution in [0.15, 0.2) is 41.5 Å². The van der Waals surface area contributed by atoms with Crippen molar-refractivity contribution in [3.8, 4) is 11.4 Å². The molecule has 0 saturated heterocycles. The lowest BCUT2D eigenvalue weighted by Gasteiger charge is -2.24. The molecule has 0 spiro atoms. The van der Waals surface area contributed by atoms with Gasteiger partial charge in [-0.05, 0) is 51.1 Å². The summed E-state index contributed by atoms with van der Waals surface area (Å²) in [5.74, 6) is 1.57. The molecule has 0 amide bonds. The van der Waals surface area contributed by atoms with E-state index in [2.05, 4.69) is 20.7 Å². The fourth-order valence-electron chi connectivity index (χ4n) is 2.20. The molecule has 1 aromatic heterocycles. The maximum absolute atomic E-state index is 5.43.